The maximum atomic E-state index is 12.5. The van der Waals surface area contributed by atoms with Crippen molar-refractivity contribution in [3.05, 3.63) is 0 Å². The number of carboxylic acid groups (broad SMARTS) is 1. The van der Waals surface area contributed by atoms with Crippen molar-refractivity contribution in [3.8, 4) is 0 Å². The molecule has 5 nitrogen and oxygen atoms in total. The first kappa shape index (κ1) is 14.2. The number of piperidine rings is 1. The summed E-state index contributed by atoms with van der Waals surface area (Å²) < 4.78 is 0. The van der Waals surface area contributed by atoms with Crippen LogP contribution in [0.3, 0.4) is 0 Å². The lowest BCUT2D eigenvalue weighted by molar-refractivity contribution is -0.138. The van der Waals surface area contributed by atoms with Gasteiger partial charge in [-0.1, -0.05) is 0 Å². The van der Waals surface area contributed by atoms with E-state index in [9.17, 15) is 9.59 Å². The van der Waals surface area contributed by atoms with Gasteiger partial charge < -0.3 is 14.9 Å². The number of rotatable bonds is 4. The Morgan fingerprint density at radius 1 is 1.16 bits per heavy atom. The van der Waals surface area contributed by atoms with E-state index in [0.717, 1.165) is 38.8 Å². The van der Waals surface area contributed by atoms with Gasteiger partial charge in [-0.05, 0) is 45.4 Å². The number of urea groups is 1. The monoisotopic (exact) mass is 268 g/mol. The molecule has 5 heteroatoms. The molecule has 0 radical (unpaired) electrons. The maximum Gasteiger partial charge on any atom is 0.320 e. The van der Waals surface area contributed by atoms with Crippen LogP contribution in [0.15, 0.2) is 0 Å². The maximum absolute atomic E-state index is 12.5. The van der Waals surface area contributed by atoms with E-state index in [0.29, 0.717) is 0 Å². The van der Waals surface area contributed by atoms with Crippen molar-refractivity contribution in [2.75, 3.05) is 13.1 Å². The van der Waals surface area contributed by atoms with Crippen LogP contribution < -0.4 is 0 Å². The van der Waals surface area contributed by atoms with Crippen LogP contribution in [0.1, 0.15) is 46.0 Å². The Morgan fingerprint density at radius 2 is 1.68 bits per heavy atom. The van der Waals surface area contributed by atoms with Gasteiger partial charge in [-0.3, -0.25) is 4.79 Å². The summed E-state index contributed by atoms with van der Waals surface area (Å²) in [5.74, 6) is -0.469. The van der Waals surface area contributed by atoms with Gasteiger partial charge in [0.25, 0.3) is 0 Å². The quantitative estimate of drug-likeness (QED) is 0.850. The minimum atomic E-state index is -0.715. The number of hydrogen-bond donors (Lipinski definition) is 1. The molecule has 2 heterocycles. The minimum Gasteiger partial charge on any atom is -0.481 e. The number of carbonyl (C=O) groups excluding carboxylic acids is 1. The van der Waals surface area contributed by atoms with Crippen LogP contribution in [0.2, 0.25) is 0 Å². The standard InChI is InChI=1S/C14H24N2O3/c1-3-15(4-2)14(19)16-11-5-6-12(16)8-10(7-11)9-13(17)18/h10-12H,3-9H2,1-2H3,(H,17,18). The molecule has 2 atom stereocenters. The molecule has 19 heavy (non-hydrogen) atoms. The van der Waals surface area contributed by atoms with Crippen molar-refractivity contribution in [1.82, 2.24) is 9.80 Å². The molecule has 108 valence electrons. The number of carboxylic acids is 1. The third kappa shape index (κ3) is 2.85. The third-order valence-electron chi connectivity index (χ3n) is 4.55. The van der Waals surface area contributed by atoms with E-state index in [4.69, 9.17) is 5.11 Å². The van der Waals surface area contributed by atoms with E-state index in [-0.39, 0.29) is 30.5 Å². The van der Waals surface area contributed by atoms with Gasteiger partial charge in [-0.2, -0.15) is 0 Å². The summed E-state index contributed by atoms with van der Waals surface area (Å²) in [5.41, 5.74) is 0. The first-order chi connectivity index (χ1) is 9.06. The van der Waals surface area contributed by atoms with Crippen molar-refractivity contribution >= 4 is 12.0 Å². The Hall–Kier alpha value is -1.26. The zero-order chi connectivity index (χ0) is 14.0. The Kier molecular flexibility index (Phi) is 4.32. The van der Waals surface area contributed by atoms with Crippen molar-refractivity contribution in [2.24, 2.45) is 5.92 Å². The van der Waals surface area contributed by atoms with Crippen LogP contribution in [0, 0.1) is 5.92 Å². The van der Waals surface area contributed by atoms with E-state index in [1.807, 2.05) is 23.6 Å². The highest BCUT2D eigenvalue weighted by molar-refractivity contribution is 5.75. The molecule has 2 rings (SSSR count). The number of carbonyl (C=O) groups is 2. The van der Waals surface area contributed by atoms with E-state index in [1.54, 1.807) is 0 Å². The fourth-order valence-corrected chi connectivity index (χ4v) is 3.67. The molecule has 2 bridgehead atoms. The summed E-state index contributed by atoms with van der Waals surface area (Å²) in [6, 6.07) is 0.665. The van der Waals surface area contributed by atoms with Crippen LogP contribution in [0.25, 0.3) is 0 Å². The topological polar surface area (TPSA) is 60.9 Å². The van der Waals surface area contributed by atoms with Gasteiger partial charge in [0.2, 0.25) is 0 Å². The molecule has 2 aliphatic rings. The zero-order valence-electron chi connectivity index (χ0n) is 11.8. The van der Waals surface area contributed by atoms with Crippen LogP contribution >= 0.6 is 0 Å². The van der Waals surface area contributed by atoms with Gasteiger partial charge >= 0.3 is 12.0 Å². The molecule has 0 aromatic heterocycles. The van der Waals surface area contributed by atoms with E-state index in [1.165, 1.54) is 0 Å². The molecule has 1 N–H and O–H groups in total. The SMILES string of the molecule is CCN(CC)C(=O)N1C2CCC1CC(CC(=O)O)C2. The molecule has 0 saturated carbocycles. The fourth-order valence-electron chi connectivity index (χ4n) is 3.67. The van der Waals surface area contributed by atoms with Gasteiger partial charge in [0.1, 0.15) is 0 Å². The number of hydrogen-bond acceptors (Lipinski definition) is 2. The Labute approximate surface area is 114 Å². The number of fused-ring (bicyclic) bond motifs is 2. The summed E-state index contributed by atoms with van der Waals surface area (Å²) >= 11 is 0. The second-order valence-electron chi connectivity index (χ2n) is 5.68. The van der Waals surface area contributed by atoms with Gasteiger partial charge in [-0.25, -0.2) is 4.79 Å². The molecule has 2 saturated heterocycles. The van der Waals surface area contributed by atoms with Crippen LogP contribution in [-0.2, 0) is 4.79 Å². The summed E-state index contributed by atoms with van der Waals surface area (Å²) in [5, 5.41) is 8.91. The Bertz CT molecular complexity index is 341. The molecule has 0 aliphatic carbocycles. The average Bonchev–Trinajstić information content (AvgIpc) is 2.62. The Morgan fingerprint density at radius 3 is 2.11 bits per heavy atom. The van der Waals surface area contributed by atoms with Gasteiger partial charge in [0.05, 0.1) is 0 Å². The lowest BCUT2D eigenvalue weighted by atomic mass is 9.88. The zero-order valence-corrected chi connectivity index (χ0v) is 11.8. The molecule has 2 fully saturated rings. The molecular weight excluding hydrogens is 244 g/mol. The van der Waals surface area contributed by atoms with Crippen molar-refractivity contribution < 1.29 is 14.7 Å². The second kappa shape index (κ2) is 5.80. The summed E-state index contributed by atoms with van der Waals surface area (Å²) in [6.45, 7) is 5.48. The molecular formula is C14H24N2O3. The predicted octanol–water partition coefficient (Wildman–Crippen LogP) is 2.17. The van der Waals surface area contributed by atoms with Gasteiger partial charge in [0, 0.05) is 31.6 Å². The molecule has 2 unspecified atom stereocenters. The lowest BCUT2D eigenvalue weighted by Crippen LogP contribution is -2.52. The first-order valence-electron chi connectivity index (χ1n) is 7.35. The smallest absolute Gasteiger partial charge is 0.320 e. The Balaban J connectivity index is 2.02. The summed E-state index contributed by atoms with van der Waals surface area (Å²) in [6.07, 6.45) is 4.04. The summed E-state index contributed by atoms with van der Waals surface area (Å²) in [7, 11) is 0. The highest BCUT2D eigenvalue weighted by Crippen LogP contribution is 2.40. The lowest BCUT2D eigenvalue weighted by Gasteiger charge is -2.41. The fraction of sp³-hybridized carbons (Fsp3) is 0.857. The molecule has 0 aromatic carbocycles. The predicted molar refractivity (Wildman–Crippen MR) is 71.9 cm³/mol. The third-order valence-corrected chi connectivity index (χ3v) is 4.55. The molecule has 2 amide bonds. The summed E-state index contributed by atoms with van der Waals surface area (Å²) in [4.78, 5) is 27.2. The van der Waals surface area contributed by atoms with Crippen LogP contribution in [0.5, 0.6) is 0 Å². The first-order valence-corrected chi connectivity index (χ1v) is 7.35. The molecule has 2 aliphatic heterocycles. The van der Waals surface area contributed by atoms with Gasteiger partial charge in [0.15, 0.2) is 0 Å². The van der Waals surface area contributed by atoms with Crippen LogP contribution in [0.4, 0.5) is 4.79 Å². The minimum absolute atomic E-state index is 0.145. The normalized spacial score (nSPS) is 29.4. The molecule has 0 aromatic rings. The van der Waals surface area contributed by atoms with Crippen molar-refractivity contribution in [3.63, 3.8) is 0 Å². The largest absolute Gasteiger partial charge is 0.481 e. The van der Waals surface area contributed by atoms with Crippen molar-refractivity contribution in [1.29, 1.82) is 0 Å². The van der Waals surface area contributed by atoms with E-state index in [2.05, 4.69) is 0 Å². The molecule has 0 spiro atoms. The van der Waals surface area contributed by atoms with E-state index < -0.39 is 5.97 Å². The highest BCUT2D eigenvalue weighted by atomic mass is 16.4. The highest BCUT2D eigenvalue weighted by Gasteiger charge is 2.44. The number of amides is 2. The number of nitrogens with zero attached hydrogens (tertiary/aromatic N) is 2. The second-order valence-corrected chi connectivity index (χ2v) is 5.68. The average molecular weight is 268 g/mol. The van der Waals surface area contributed by atoms with E-state index >= 15 is 0 Å². The van der Waals surface area contributed by atoms with Crippen molar-refractivity contribution in [2.45, 2.75) is 58.0 Å². The van der Waals surface area contributed by atoms with Crippen LogP contribution in [-0.4, -0.2) is 52.1 Å². The number of aliphatic carboxylic acids is 1. The van der Waals surface area contributed by atoms with Gasteiger partial charge in [-0.15, -0.1) is 0 Å².